The Hall–Kier alpha value is -2.26. The number of aromatic nitrogens is 1. The number of fused-ring (bicyclic) bond motifs is 1. The first-order valence-electron chi connectivity index (χ1n) is 6.18. The van der Waals surface area contributed by atoms with Gasteiger partial charge in [0.25, 0.3) is 0 Å². The van der Waals surface area contributed by atoms with Gasteiger partial charge in [0.2, 0.25) is 5.78 Å². The second kappa shape index (κ2) is 4.69. The number of halogens is 1. The van der Waals surface area contributed by atoms with Gasteiger partial charge in [-0.05, 0) is 48.9 Å². The number of pyridine rings is 1. The van der Waals surface area contributed by atoms with E-state index in [0.29, 0.717) is 16.3 Å². The maximum atomic E-state index is 12.6. The molecular formula is C16H12ClNO2. The van der Waals surface area contributed by atoms with Crippen LogP contribution in [0.25, 0.3) is 5.52 Å². The van der Waals surface area contributed by atoms with Crippen LogP contribution in [0.5, 0.6) is 5.75 Å². The molecule has 4 heteroatoms. The smallest absolute Gasteiger partial charge is 0.210 e. The van der Waals surface area contributed by atoms with Crippen LogP contribution in [0.2, 0.25) is 5.02 Å². The first kappa shape index (κ1) is 12.8. The van der Waals surface area contributed by atoms with Crippen molar-refractivity contribution < 1.29 is 9.90 Å². The van der Waals surface area contributed by atoms with E-state index in [1.165, 1.54) is 12.1 Å². The fourth-order valence-corrected chi connectivity index (χ4v) is 2.57. The van der Waals surface area contributed by atoms with Gasteiger partial charge in [0, 0.05) is 11.8 Å². The summed E-state index contributed by atoms with van der Waals surface area (Å²) in [6.07, 6.45) is 1.82. The molecule has 1 aromatic carbocycles. The lowest BCUT2D eigenvalue weighted by Crippen LogP contribution is -2.06. The highest BCUT2D eigenvalue weighted by atomic mass is 35.5. The third-order valence-electron chi connectivity index (χ3n) is 3.35. The number of benzene rings is 1. The molecule has 0 aliphatic heterocycles. The Morgan fingerprint density at radius 3 is 2.55 bits per heavy atom. The Balaban J connectivity index is 2.22. The summed E-state index contributed by atoms with van der Waals surface area (Å²) >= 11 is 6.29. The highest BCUT2D eigenvalue weighted by Crippen LogP contribution is 2.29. The zero-order valence-electron chi connectivity index (χ0n) is 10.8. The van der Waals surface area contributed by atoms with Gasteiger partial charge in [-0.15, -0.1) is 0 Å². The minimum absolute atomic E-state index is 0.115. The minimum atomic E-state index is -0.115. The van der Waals surface area contributed by atoms with Crippen LogP contribution >= 0.6 is 11.6 Å². The monoisotopic (exact) mass is 285 g/mol. The summed E-state index contributed by atoms with van der Waals surface area (Å²) in [6.45, 7) is 1.84. The van der Waals surface area contributed by atoms with E-state index in [4.69, 9.17) is 11.6 Å². The number of phenolic OH excluding ortho intramolecular Hbond substituents is 1. The fourth-order valence-electron chi connectivity index (χ4n) is 2.32. The molecular weight excluding hydrogens is 274 g/mol. The zero-order chi connectivity index (χ0) is 14.3. The Kier molecular flexibility index (Phi) is 2.99. The second-order valence-electron chi connectivity index (χ2n) is 4.62. The molecule has 0 amide bonds. The van der Waals surface area contributed by atoms with Crippen molar-refractivity contribution in [2.45, 2.75) is 6.92 Å². The van der Waals surface area contributed by atoms with Crippen molar-refractivity contribution in [2.75, 3.05) is 0 Å². The van der Waals surface area contributed by atoms with Gasteiger partial charge in [0.05, 0.1) is 16.2 Å². The number of phenols is 1. The van der Waals surface area contributed by atoms with E-state index >= 15 is 0 Å². The molecule has 0 unspecified atom stereocenters. The van der Waals surface area contributed by atoms with Crippen molar-refractivity contribution in [3.8, 4) is 5.75 Å². The predicted octanol–water partition coefficient (Wildman–Crippen LogP) is 3.84. The lowest BCUT2D eigenvalue weighted by atomic mass is 10.1. The summed E-state index contributed by atoms with van der Waals surface area (Å²) in [7, 11) is 0. The number of hydrogen-bond donors (Lipinski definition) is 1. The molecule has 0 aliphatic carbocycles. The van der Waals surface area contributed by atoms with Crippen LogP contribution in [0.4, 0.5) is 0 Å². The van der Waals surface area contributed by atoms with Gasteiger partial charge in [-0.1, -0.05) is 17.7 Å². The van der Waals surface area contributed by atoms with E-state index in [2.05, 4.69) is 0 Å². The minimum Gasteiger partial charge on any atom is -0.508 e. The third-order valence-corrected chi connectivity index (χ3v) is 3.83. The van der Waals surface area contributed by atoms with Gasteiger partial charge in [0.15, 0.2) is 0 Å². The number of ketones is 1. The van der Waals surface area contributed by atoms with Gasteiger partial charge in [0.1, 0.15) is 5.75 Å². The number of carbonyl (C=O) groups is 1. The molecule has 0 radical (unpaired) electrons. The molecule has 2 aromatic heterocycles. The van der Waals surface area contributed by atoms with Gasteiger partial charge in [-0.3, -0.25) is 4.79 Å². The molecule has 20 heavy (non-hydrogen) atoms. The summed E-state index contributed by atoms with van der Waals surface area (Å²) in [4.78, 5) is 12.6. The number of carbonyl (C=O) groups excluding carboxylic acids is 1. The summed E-state index contributed by atoms with van der Waals surface area (Å²) in [5.41, 5.74) is 2.65. The fraction of sp³-hybridized carbons (Fsp3) is 0.0625. The van der Waals surface area contributed by atoms with E-state index in [1.54, 1.807) is 16.5 Å². The lowest BCUT2D eigenvalue weighted by Gasteiger charge is -2.04. The van der Waals surface area contributed by atoms with Gasteiger partial charge in [-0.2, -0.15) is 0 Å². The summed E-state index contributed by atoms with van der Waals surface area (Å²) in [5, 5.41) is 9.89. The molecule has 0 fully saturated rings. The molecule has 0 spiro atoms. The van der Waals surface area contributed by atoms with Crippen LogP contribution in [0, 0.1) is 6.92 Å². The average molecular weight is 286 g/mol. The van der Waals surface area contributed by atoms with Crippen molar-refractivity contribution in [2.24, 2.45) is 0 Å². The Bertz CT molecular complexity index is 803. The maximum absolute atomic E-state index is 12.6. The standard InChI is InChI=1S/C16H12ClNO2/c1-10-14(17)13-4-2-3-9-18(13)15(10)16(20)11-5-7-12(19)8-6-11/h2-9,19H,1H3. The molecule has 3 nitrogen and oxygen atoms in total. The molecule has 0 aliphatic rings. The molecule has 1 N–H and O–H groups in total. The first-order chi connectivity index (χ1) is 9.59. The van der Waals surface area contributed by atoms with Crippen molar-refractivity contribution in [1.29, 1.82) is 0 Å². The largest absolute Gasteiger partial charge is 0.508 e. The average Bonchev–Trinajstić information content (AvgIpc) is 2.72. The third kappa shape index (κ3) is 1.87. The van der Waals surface area contributed by atoms with Crippen LogP contribution in [0.3, 0.4) is 0 Å². The quantitative estimate of drug-likeness (QED) is 0.727. The Morgan fingerprint density at radius 2 is 1.85 bits per heavy atom. The topological polar surface area (TPSA) is 41.7 Å². The molecule has 0 saturated carbocycles. The van der Waals surface area contributed by atoms with Gasteiger partial charge in [-0.25, -0.2) is 0 Å². The number of rotatable bonds is 2. The van der Waals surface area contributed by atoms with Gasteiger partial charge < -0.3 is 9.51 Å². The zero-order valence-corrected chi connectivity index (χ0v) is 11.6. The van der Waals surface area contributed by atoms with E-state index in [9.17, 15) is 9.90 Å². The maximum Gasteiger partial charge on any atom is 0.210 e. The van der Waals surface area contributed by atoms with Crippen molar-refractivity contribution >= 4 is 22.9 Å². The molecule has 3 aromatic rings. The normalized spacial score (nSPS) is 10.9. The summed E-state index contributed by atoms with van der Waals surface area (Å²) < 4.78 is 1.80. The van der Waals surface area contributed by atoms with Gasteiger partial charge >= 0.3 is 0 Å². The van der Waals surface area contributed by atoms with Crippen LogP contribution in [0.1, 0.15) is 21.6 Å². The van der Waals surface area contributed by atoms with E-state index in [1.807, 2.05) is 31.3 Å². The van der Waals surface area contributed by atoms with Crippen LogP contribution < -0.4 is 0 Å². The summed E-state index contributed by atoms with van der Waals surface area (Å²) in [5.74, 6) is 0.0203. The Labute approximate surface area is 121 Å². The van der Waals surface area contributed by atoms with Crippen molar-refractivity contribution in [3.05, 3.63) is 70.5 Å². The molecule has 3 rings (SSSR count). The predicted molar refractivity (Wildman–Crippen MR) is 78.7 cm³/mol. The van der Waals surface area contributed by atoms with Crippen molar-refractivity contribution in [1.82, 2.24) is 4.40 Å². The lowest BCUT2D eigenvalue weighted by molar-refractivity contribution is 0.103. The van der Waals surface area contributed by atoms with Crippen LogP contribution in [0.15, 0.2) is 48.7 Å². The Morgan fingerprint density at radius 1 is 1.15 bits per heavy atom. The molecule has 100 valence electrons. The van der Waals surface area contributed by atoms with E-state index in [0.717, 1.165) is 11.1 Å². The second-order valence-corrected chi connectivity index (χ2v) is 5.00. The highest BCUT2D eigenvalue weighted by molar-refractivity contribution is 6.35. The molecule has 0 bridgehead atoms. The molecule has 2 heterocycles. The van der Waals surface area contributed by atoms with E-state index < -0.39 is 0 Å². The van der Waals surface area contributed by atoms with Crippen LogP contribution in [-0.4, -0.2) is 15.3 Å². The van der Waals surface area contributed by atoms with E-state index in [-0.39, 0.29) is 11.5 Å². The van der Waals surface area contributed by atoms with Crippen LogP contribution in [-0.2, 0) is 0 Å². The highest BCUT2D eigenvalue weighted by Gasteiger charge is 2.20. The molecule has 0 saturated heterocycles. The number of aromatic hydroxyl groups is 1. The summed E-state index contributed by atoms with van der Waals surface area (Å²) in [6, 6.07) is 11.8. The SMILES string of the molecule is Cc1c(Cl)c2ccccn2c1C(=O)c1ccc(O)cc1. The number of nitrogens with zero attached hydrogens (tertiary/aromatic N) is 1. The number of hydrogen-bond acceptors (Lipinski definition) is 2. The van der Waals surface area contributed by atoms with Crippen molar-refractivity contribution in [3.63, 3.8) is 0 Å². The molecule has 0 atom stereocenters. The first-order valence-corrected chi connectivity index (χ1v) is 6.56.